The van der Waals surface area contributed by atoms with E-state index >= 15 is 0 Å². The van der Waals surface area contributed by atoms with Gasteiger partial charge in [0.15, 0.2) is 6.61 Å². The Balaban J connectivity index is 1.25. The SMILES string of the molecule is O=C(COC(=O)CCc1nc2ccccc2s1)Nc1ccccc1C(=O)NC1CC1. The quantitative estimate of drug-likeness (QED) is 0.542. The van der Waals surface area contributed by atoms with Gasteiger partial charge in [0.1, 0.15) is 0 Å². The molecule has 8 heteroatoms. The number of carbonyl (C=O) groups is 3. The fourth-order valence-corrected chi connectivity index (χ4v) is 3.89. The molecule has 1 saturated carbocycles. The van der Waals surface area contributed by atoms with Gasteiger partial charge in [-0.2, -0.15) is 0 Å². The minimum Gasteiger partial charge on any atom is -0.456 e. The monoisotopic (exact) mass is 423 g/mol. The van der Waals surface area contributed by atoms with Crippen molar-refractivity contribution < 1.29 is 19.1 Å². The second kappa shape index (κ2) is 9.04. The van der Waals surface area contributed by atoms with Gasteiger partial charge in [0, 0.05) is 12.5 Å². The molecule has 0 atom stereocenters. The van der Waals surface area contributed by atoms with Crippen LogP contribution in [0.4, 0.5) is 5.69 Å². The Hall–Kier alpha value is -3.26. The molecule has 0 saturated heterocycles. The molecule has 30 heavy (non-hydrogen) atoms. The first kappa shape index (κ1) is 20.0. The summed E-state index contributed by atoms with van der Waals surface area (Å²) < 4.78 is 6.15. The van der Waals surface area contributed by atoms with Crippen molar-refractivity contribution in [2.24, 2.45) is 0 Å². The van der Waals surface area contributed by atoms with Gasteiger partial charge in [0.2, 0.25) is 0 Å². The van der Waals surface area contributed by atoms with Gasteiger partial charge in [0.25, 0.3) is 11.8 Å². The summed E-state index contributed by atoms with van der Waals surface area (Å²) in [6, 6.07) is 14.8. The minimum atomic E-state index is -0.491. The van der Waals surface area contributed by atoms with Crippen LogP contribution < -0.4 is 10.6 Å². The van der Waals surface area contributed by atoms with Gasteiger partial charge in [-0.25, -0.2) is 4.98 Å². The molecule has 1 aliphatic rings. The Kier molecular flexibility index (Phi) is 6.04. The highest BCUT2D eigenvalue weighted by molar-refractivity contribution is 7.18. The topological polar surface area (TPSA) is 97.4 Å². The van der Waals surface area contributed by atoms with E-state index in [4.69, 9.17) is 4.74 Å². The summed E-state index contributed by atoms with van der Waals surface area (Å²) in [5.41, 5.74) is 1.70. The highest BCUT2D eigenvalue weighted by atomic mass is 32.1. The summed E-state index contributed by atoms with van der Waals surface area (Å²) in [5.74, 6) is -1.18. The Morgan fingerprint density at radius 2 is 1.83 bits per heavy atom. The van der Waals surface area contributed by atoms with Gasteiger partial charge in [0.05, 0.1) is 32.9 Å². The van der Waals surface area contributed by atoms with Crippen LogP contribution in [0.25, 0.3) is 10.2 Å². The number of esters is 1. The number of aryl methyl sites for hydroxylation is 1. The van der Waals surface area contributed by atoms with E-state index in [2.05, 4.69) is 15.6 Å². The molecule has 154 valence electrons. The van der Waals surface area contributed by atoms with Crippen LogP contribution in [0.5, 0.6) is 0 Å². The summed E-state index contributed by atoms with van der Waals surface area (Å²) in [6.45, 7) is -0.405. The third-order valence-electron chi connectivity index (χ3n) is 4.60. The molecule has 1 aliphatic carbocycles. The molecule has 3 aromatic rings. The van der Waals surface area contributed by atoms with E-state index in [9.17, 15) is 14.4 Å². The van der Waals surface area contributed by atoms with Crippen LogP contribution in [0, 0.1) is 0 Å². The van der Waals surface area contributed by atoms with Gasteiger partial charge >= 0.3 is 5.97 Å². The number of hydrogen-bond donors (Lipinski definition) is 2. The predicted octanol–water partition coefficient (Wildman–Crippen LogP) is 3.30. The lowest BCUT2D eigenvalue weighted by atomic mass is 10.1. The average molecular weight is 423 g/mol. The number of fused-ring (bicyclic) bond motifs is 1. The van der Waals surface area contributed by atoms with Gasteiger partial charge < -0.3 is 15.4 Å². The van der Waals surface area contributed by atoms with E-state index < -0.39 is 18.5 Å². The molecule has 1 fully saturated rings. The smallest absolute Gasteiger partial charge is 0.306 e. The first-order valence-corrected chi connectivity index (χ1v) is 10.6. The number of nitrogens with one attached hydrogen (secondary N) is 2. The van der Waals surface area contributed by atoms with Crippen molar-refractivity contribution in [2.45, 2.75) is 31.7 Å². The molecule has 0 spiro atoms. The fourth-order valence-electron chi connectivity index (χ4n) is 2.92. The van der Waals surface area contributed by atoms with E-state index in [1.54, 1.807) is 35.6 Å². The number of benzene rings is 2. The maximum absolute atomic E-state index is 12.3. The van der Waals surface area contributed by atoms with Crippen molar-refractivity contribution in [2.75, 3.05) is 11.9 Å². The van der Waals surface area contributed by atoms with Crippen molar-refractivity contribution in [1.29, 1.82) is 0 Å². The number of para-hydroxylation sites is 2. The molecule has 7 nitrogen and oxygen atoms in total. The summed E-state index contributed by atoms with van der Waals surface area (Å²) >= 11 is 1.54. The maximum atomic E-state index is 12.3. The van der Waals surface area contributed by atoms with Crippen LogP contribution in [-0.2, 0) is 20.7 Å². The number of aromatic nitrogens is 1. The minimum absolute atomic E-state index is 0.146. The van der Waals surface area contributed by atoms with Crippen LogP contribution in [0.3, 0.4) is 0 Å². The van der Waals surface area contributed by atoms with Crippen LogP contribution in [0.1, 0.15) is 34.6 Å². The summed E-state index contributed by atoms with van der Waals surface area (Å²) in [7, 11) is 0. The number of thiazole rings is 1. The molecule has 1 aromatic heterocycles. The standard InChI is InChI=1S/C22H21N3O4S/c26-19(24-16-6-2-1-5-15(16)22(28)23-14-9-10-14)13-29-21(27)12-11-20-25-17-7-3-4-8-18(17)30-20/h1-8,14H,9-13H2,(H,23,28)(H,24,26). The lowest BCUT2D eigenvalue weighted by Gasteiger charge is -2.11. The third kappa shape index (κ3) is 5.21. The van der Waals surface area contributed by atoms with Gasteiger partial charge in [-0.1, -0.05) is 24.3 Å². The van der Waals surface area contributed by atoms with Crippen molar-refractivity contribution >= 4 is 45.0 Å². The largest absolute Gasteiger partial charge is 0.456 e. The van der Waals surface area contributed by atoms with Crippen molar-refractivity contribution in [1.82, 2.24) is 10.3 Å². The molecular formula is C22H21N3O4S. The second-order valence-corrected chi connectivity index (χ2v) is 8.19. The second-order valence-electron chi connectivity index (χ2n) is 7.08. The van der Waals surface area contributed by atoms with Crippen molar-refractivity contribution in [3.63, 3.8) is 0 Å². The number of hydrogen-bond acceptors (Lipinski definition) is 6. The summed E-state index contributed by atoms with van der Waals surface area (Å²) in [6.07, 6.45) is 2.57. The zero-order chi connectivity index (χ0) is 20.9. The zero-order valence-corrected chi connectivity index (χ0v) is 17.0. The van der Waals surface area contributed by atoms with Gasteiger partial charge in [-0.15, -0.1) is 11.3 Å². The van der Waals surface area contributed by atoms with Crippen LogP contribution in [0.2, 0.25) is 0 Å². The van der Waals surface area contributed by atoms with Crippen molar-refractivity contribution in [3.05, 3.63) is 59.1 Å². The number of rotatable bonds is 8. The van der Waals surface area contributed by atoms with Crippen LogP contribution in [-0.4, -0.2) is 35.4 Å². The fraction of sp³-hybridized carbons (Fsp3) is 0.273. The molecule has 0 unspecified atom stereocenters. The van der Waals surface area contributed by atoms with E-state index in [-0.39, 0.29) is 18.4 Å². The molecule has 0 radical (unpaired) electrons. The molecule has 4 rings (SSSR count). The van der Waals surface area contributed by atoms with Crippen molar-refractivity contribution in [3.8, 4) is 0 Å². The summed E-state index contributed by atoms with van der Waals surface area (Å²) in [5, 5.41) is 6.39. The van der Waals surface area contributed by atoms with Crippen LogP contribution >= 0.6 is 11.3 Å². The Morgan fingerprint density at radius 1 is 1.07 bits per heavy atom. The highest BCUT2D eigenvalue weighted by Crippen LogP contribution is 2.23. The lowest BCUT2D eigenvalue weighted by Crippen LogP contribution is -2.28. The number of anilines is 1. The Bertz CT molecular complexity index is 1060. The number of carbonyl (C=O) groups excluding carboxylic acids is 3. The number of nitrogens with zero attached hydrogens (tertiary/aromatic N) is 1. The molecule has 1 heterocycles. The van der Waals surface area contributed by atoms with E-state index in [1.165, 1.54) is 0 Å². The van der Waals surface area contributed by atoms with Gasteiger partial charge in [-0.3, -0.25) is 14.4 Å². The first-order valence-electron chi connectivity index (χ1n) is 9.78. The Labute approximate surface area is 177 Å². The predicted molar refractivity (Wildman–Crippen MR) is 114 cm³/mol. The average Bonchev–Trinajstić information content (AvgIpc) is 3.46. The molecular weight excluding hydrogens is 402 g/mol. The van der Waals surface area contributed by atoms with E-state index in [0.29, 0.717) is 17.7 Å². The number of ether oxygens (including phenoxy) is 1. The Morgan fingerprint density at radius 3 is 2.63 bits per heavy atom. The maximum Gasteiger partial charge on any atom is 0.306 e. The molecule has 2 N–H and O–H groups in total. The lowest BCUT2D eigenvalue weighted by molar-refractivity contribution is -0.147. The van der Waals surface area contributed by atoms with E-state index in [1.807, 2.05) is 24.3 Å². The number of amides is 2. The summed E-state index contributed by atoms with van der Waals surface area (Å²) in [4.78, 5) is 41.0. The molecule has 2 amide bonds. The van der Waals surface area contributed by atoms with E-state index in [0.717, 1.165) is 28.1 Å². The van der Waals surface area contributed by atoms with Crippen LogP contribution in [0.15, 0.2) is 48.5 Å². The molecule has 2 aromatic carbocycles. The highest BCUT2D eigenvalue weighted by Gasteiger charge is 2.25. The van der Waals surface area contributed by atoms with Gasteiger partial charge in [-0.05, 0) is 37.1 Å². The first-order chi connectivity index (χ1) is 14.6. The zero-order valence-electron chi connectivity index (χ0n) is 16.2. The molecule has 0 aliphatic heterocycles. The normalized spacial score (nSPS) is 13.1. The molecule has 0 bridgehead atoms. The third-order valence-corrected chi connectivity index (χ3v) is 5.70.